The number of rotatable bonds is 4. The maximum Gasteiger partial charge on any atom is 0.307 e. The number of aromatic nitrogens is 2. The number of hydrogen-bond donors (Lipinski definition) is 1. The van der Waals surface area contributed by atoms with Gasteiger partial charge in [0.25, 0.3) is 0 Å². The standard InChI is InChI=1S/C14H22N2O2/c1-3-4-10-5-6-12(14(17)18)13(7-10)11-8-15-16(2)9-11/h8-10,12-13H,3-7H2,1-2H3,(H,17,18). The fourth-order valence-corrected chi connectivity index (χ4v) is 3.22. The van der Waals surface area contributed by atoms with Crippen LogP contribution in [0.4, 0.5) is 0 Å². The number of nitrogens with zero attached hydrogens (tertiary/aromatic N) is 2. The largest absolute Gasteiger partial charge is 0.481 e. The van der Waals surface area contributed by atoms with Gasteiger partial charge in [0.1, 0.15) is 0 Å². The van der Waals surface area contributed by atoms with E-state index in [1.54, 1.807) is 4.68 Å². The van der Waals surface area contributed by atoms with E-state index in [0.29, 0.717) is 5.92 Å². The van der Waals surface area contributed by atoms with Gasteiger partial charge in [0.15, 0.2) is 0 Å². The number of aryl methyl sites for hydroxylation is 1. The topological polar surface area (TPSA) is 55.1 Å². The molecule has 0 aliphatic heterocycles. The van der Waals surface area contributed by atoms with Crippen molar-refractivity contribution in [2.45, 2.75) is 44.9 Å². The van der Waals surface area contributed by atoms with E-state index in [1.807, 2.05) is 19.4 Å². The molecule has 1 fully saturated rings. The first-order chi connectivity index (χ1) is 8.61. The molecule has 1 aliphatic carbocycles. The summed E-state index contributed by atoms with van der Waals surface area (Å²) in [7, 11) is 1.88. The third-order valence-corrected chi connectivity index (χ3v) is 4.13. The molecule has 2 rings (SSSR count). The molecule has 4 nitrogen and oxygen atoms in total. The lowest BCUT2D eigenvalue weighted by Gasteiger charge is -2.33. The van der Waals surface area contributed by atoms with Gasteiger partial charge in [-0.3, -0.25) is 9.48 Å². The summed E-state index contributed by atoms with van der Waals surface area (Å²) in [4.78, 5) is 11.4. The SMILES string of the molecule is CCCC1CCC(C(=O)O)C(c2cnn(C)c2)C1. The van der Waals surface area contributed by atoms with Crippen LogP contribution in [0.15, 0.2) is 12.4 Å². The van der Waals surface area contributed by atoms with Crippen LogP contribution in [0.3, 0.4) is 0 Å². The summed E-state index contributed by atoms with van der Waals surface area (Å²) < 4.78 is 1.76. The Hall–Kier alpha value is -1.32. The van der Waals surface area contributed by atoms with Crippen molar-refractivity contribution in [3.63, 3.8) is 0 Å². The Labute approximate surface area is 108 Å². The Balaban J connectivity index is 2.17. The van der Waals surface area contributed by atoms with Crippen molar-refractivity contribution in [2.24, 2.45) is 18.9 Å². The zero-order valence-electron chi connectivity index (χ0n) is 11.2. The molecular formula is C14H22N2O2. The van der Waals surface area contributed by atoms with E-state index in [0.717, 1.165) is 24.8 Å². The first kappa shape index (κ1) is 13.1. The molecular weight excluding hydrogens is 228 g/mol. The zero-order chi connectivity index (χ0) is 13.1. The number of hydrogen-bond acceptors (Lipinski definition) is 2. The van der Waals surface area contributed by atoms with Crippen molar-refractivity contribution < 1.29 is 9.90 Å². The highest BCUT2D eigenvalue weighted by Crippen LogP contribution is 2.42. The minimum absolute atomic E-state index is 0.140. The molecule has 1 heterocycles. The van der Waals surface area contributed by atoms with E-state index >= 15 is 0 Å². The van der Waals surface area contributed by atoms with Gasteiger partial charge in [-0.05, 0) is 30.7 Å². The molecule has 1 aromatic heterocycles. The van der Waals surface area contributed by atoms with E-state index in [9.17, 15) is 9.90 Å². The molecule has 1 aliphatic rings. The van der Waals surface area contributed by atoms with Crippen molar-refractivity contribution in [2.75, 3.05) is 0 Å². The molecule has 1 saturated carbocycles. The molecule has 3 unspecified atom stereocenters. The van der Waals surface area contributed by atoms with Crippen LogP contribution in [-0.2, 0) is 11.8 Å². The highest BCUT2D eigenvalue weighted by molar-refractivity contribution is 5.71. The maximum atomic E-state index is 11.4. The molecule has 4 heteroatoms. The third-order valence-electron chi connectivity index (χ3n) is 4.13. The molecule has 0 radical (unpaired) electrons. The molecule has 0 aromatic carbocycles. The van der Waals surface area contributed by atoms with Crippen molar-refractivity contribution in [1.29, 1.82) is 0 Å². The third kappa shape index (κ3) is 2.74. The smallest absolute Gasteiger partial charge is 0.307 e. The van der Waals surface area contributed by atoms with E-state index in [-0.39, 0.29) is 11.8 Å². The van der Waals surface area contributed by atoms with Crippen LogP contribution >= 0.6 is 0 Å². The van der Waals surface area contributed by atoms with Crippen molar-refractivity contribution in [3.8, 4) is 0 Å². The molecule has 0 bridgehead atoms. The average Bonchev–Trinajstić information content (AvgIpc) is 2.76. The minimum atomic E-state index is -0.654. The summed E-state index contributed by atoms with van der Waals surface area (Å²) in [5.41, 5.74) is 1.09. The molecule has 1 N–H and O–H groups in total. The van der Waals surface area contributed by atoms with Gasteiger partial charge in [0.05, 0.1) is 12.1 Å². The molecule has 18 heavy (non-hydrogen) atoms. The molecule has 1 aromatic rings. The van der Waals surface area contributed by atoms with Crippen molar-refractivity contribution in [1.82, 2.24) is 9.78 Å². The Kier molecular flexibility index (Phi) is 4.04. The van der Waals surface area contributed by atoms with Crippen LogP contribution in [0.1, 0.15) is 50.5 Å². The van der Waals surface area contributed by atoms with Crippen LogP contribution in [0.5, 0.6) is 0 Å². The lowest BCUT2D eigenvalue weighted by molar-refractivity contribution is -0.143. The van der Waals surface area contributed by atoms with Crippen LogP contribution in [0.2, 0.25) is 0 Å². The summed E-state index contributed by atoms with van der Waals surface area (Å²) in [5.74, 6) is -0.0709. The molecule has 3 atom stereocenters. The monoisotopic (exact) mass is 250 g/mol. The summed E-state index contributed by atoms with van der Waals surface area (Å²) in [6, 6.07) is 0. The quantitative estimate of drug-likeness (QED) is 0.894. The van der Waals surface area contributed by atoms with Gasteiger partial charge in [0.2, 0.25) is 0 Å². The molecule has 0 amide bonds. The zero-order valence-corrected chi connectivity index (χ0v) is 11.2. The van der Waals surface area contributed by atoms with Crippen molar-refractivity contribution >= 4 is 5.97 Å². The lowest BCUT2D eigenvalue weighted by Crippen LogP contribution is -2.29. The van der Waals surface area contributed by atoms with E-state index in [2.05, 4.69) is 12.0 Å². The second kappa shape index (κ2) is 5.55. The predicted molar refractivity (Wildman–Crippen MR) is 69.3 cm³/mol. The Morgan fingerprint density at radius 2 is 2.33 bits per heavy atom. The summed E-state index contributed by atoms with van der Waals surface area (Å²) in [5, 5.41) is 13.5. The Bertz CT molecular complexity index is 414. The molecule has 0 saturated heterocycles. The van der Waals surface area contributed by atoms with Crippen LogP contribution in [0.25, 0.3) is 0 Å². The first-order valence-electron chi connectivity index (χ1n) is 6.83. The molecule has 100 valence electrons. The van der Waals surface area contributed by atoms with Gasteiger partial charge in [-0.15, -0.1) is 0 Å². The van der Waals surface area contributed by atoms with Gasteiger partial charge < -0.3 is 5.11 Å². The second-order valence-corrected chi connectivity index (χ2v) is 5.47. The number of carboxylic acid groups (broad SMARTS) is 1. The predicted octanol–water partition coefficient (Wildman–Crippen LogP) is 2.80. The van der Waals surface area contributed by atoms with Gasteiger partial charge in [-0.25, -0.2) is 0 Å². The van der Waals surface area contributed by atoms with Gasteiger partial charge in [-0.2, -0.15) is 5.10 Å². The fourth-order valence-electron chi connectivity index (χ4n) is 3.22. The Morgan fingerprint density at radius 3 is 2.89 bits per heavy atom. The lowest BCUT2D eigenvalue weighted by atomic mass is 9.70. The highest BCUT2D eigenvalue weighted by atomic mass is 16.4. The Morgan fingerprint density at radius 1 is 1.56 bits per heavy atom. The van der Waals surface area contributed by atoms with Gasteiger partial charge in [0, 0.05) is 19.2 Å². The first-order valence-corrected chi connectivity index (χ1v) is 6.83. The van der Waals surface area contributed by atoms with Crippen LogP contribution in [0, 0.1) is 11.8 Å². The maximum absolute atomic E-state index is 11.4. The fraction of sp³-hybridized carbons (Fsp3) is 0.714. The average molecular weight is 250 g/mol. The number of aliphatic carboxylic acids is 1. The van der Waals surface area contributed by atoms with Crippen molar-refractivity contribution in [3.05, 3.63) is 18.0 Å². The molecule has 0 spiro atoms. The highest BCUT2D eigenvalue weighted by Gasteiger charge is 2.36. The summed E-state index contributed by atoms with van der Waals surface area (Å²) >= 11 is 0. The minimum Gasteiger partial charge on any atom is -0.481 e. The van der Waals surface area contributed by atoms with Gasteiger partial charge >= 0.3 is 5.97 Å². The summed E-state index contributed by atoms with van der Waals surface area (Å²) in [6.45, 7) is 2.20. The van der Waals surface area contributed by atoms with E-state index in [4.69, 9.17) is 0 Å². The second-order valence-electron chi connectivity index (χ2n) is 5.47. The number of carbonyl (C=O) groups is 1. The summed E-state index contributed by atoms with van der Waals surface area (Å²) in [6.07, 6.45) is 9.05. The van der Waals surface area contributed by atoms with E-state index < -0.39 is 5.97 Å². The van der Waals surface area contributed by atoms with E-state index in [1.165, 1.54) is 12.8 Å². The van der Waals surface area contributed by atoms with Crippen LogP contribution < -0.4 is 0 Å². The van der Waals surface area contributed by atoms with Crippen LogP contribution in [-0.4, -0.2) is 20.9 Å². The number of carboxylic acids is 1. The van der Waals surface area contributed by atoms with Gasteiger partial charge in [-0.1, -0.05) is 19.8 Å². The normalized spacial score (nSPS) is 28.2.